The van der Waals surface area contributed by atoms with Crippen LogP contribution in [0.15, 0.2) is 0 Å². The zero-order valence-corrected chi connectivity index (χ0v) is 14.9. The van der Waals surface area contributed by atoms with Crippen molar-refractivity contribution in [3.8, 4) is 0 Å². The topological polar surface area (TPSA) is 77.0 Å². The summed E-state index contributed by atoms with van der Waals surface area (Å²) in [5.74, 6) is -0.0651. The average Bonchev–Trinajstić information content (AvgIpc) is 2.41. The fraction of sp³-hybridized carbons (Fsp3) is 0.938. The van der Waals surface area contributed by atoms with Crippen LogP contribution in [0.5, 0.6) is 0 Å². The monoisotopic (exact) mass is 319 g/mol. The van der Waals surface area contributed by atoms with E-state index in [-0.39, 0.29) is 24.0 Å². The van der Waals surface area contributed by atoms with Crippen LogP contribution in [0.2, 0.25) is 0 Å². The Morgan fingerprint density at radius 1 is 1.14 bits per heavy atom. The molecule has 0 heterocycles. The third-order valence-corrected chi connectivity index (χ3v) is 3.28. The first-order valence-corrected chi connectivity index (χ1v) is 7.74. The van der Waals surface area contributed by atoms with E-state index in [2.05, 4.69) is 5.32 Å². The number of carbonyl (C=O) groups is 1. The Labute approximate surface area is 134 Å². The van der Waals surface area contributed by atoms with E-state index in [1.807, 2.05) is 27.7 Å². The minimum atomic E-state index is -0.452. The van der Waals surface area contributed by atoms with E-state index in [4.69, 9.17) is 14.2 Å². The predicted octanol–water partition coefficient (Wildman–Crippen LogP) is 1.36. The Morgan fingerprint density at radius 3 is 2.27 bits per heavy atom. The number of nitrogens with one attached hydrogen (secondary N) is 1. The summed E-state index contributed by atoms with van der Waals surface area (Å²) in [6, 6.07) is 0. The van der Waals surface area contributed by atoms with E-state index in [9.17, 15) is 9.90 Å². The molecule has 1 amide bonds. The van der Waals surface area contributed by atoms with E-state index < -0.39 is 5.60 Å². The van der Waals surface area contributed by atoms with Crippen molar-refractivity contribution in [3.63, 3.8) is 0 Å². The summed E-state index contributed by atoms with van der Waals surface area (Å²) >= 11 is 0. The van der Waals surface area contributed by atoms with Crippen molar-refractivity contribution < 1.29 is 24.1 Å². The normalized spacial score (nSPS) is 14.0. The van der Waals surface area contributed by atoms with Crippen LogP contribution in [0.4, 0.5) is 0 Å². The minimum absolute atomic E-state index is 0.0305. The van der Waals surface area contributed by atoms with Gasteiger partial charge in [-0.3, -0.25) is 4.79 Å². The molecule has 1 atom stereocenters. The van der Waals surface area contributed by atoms with Crippen LogP contribution >= 0.6 is 0 Å². The van der Waals surface area contributed by atoms with E-state index in [1.54, 1.807) is 7.11 Å². The first-order chi connectivity index (χ1) is 10.1. The van der Waals surface area contributed by atoms with E-state index in [0.717, 1.165) is 6.42 Å². The molecule has 2 N–H and O–H groups in total. The first-order valence-electron chi connectivity index (χ1n) is 7.74. The van der Waals surface area contributed by atoms with Crippen LogP contribution in [-0.4, -0.2) is 62.3 Å². The quantitative estimate of drug-likeness (QED) is 0.568. The maximum absolute atomic E-state index is 10.9. The number of aliphatic hydroxyl groups excluding tert-OH is 1. The summed E-state index contributed by atoms with van der Waals surface area (Å²) in [5.41, 5.74) is -0.793. The fourth-order valence-corrected chi connectivity index (χ4v) is 1.76. The van der Waals surface area contributed by atoms with Crippen molar-refractivity contribution in [2.24, 2.45) is 5.92 Å². The number of carbonyl (C=O) groups excluding carboxylic acids is 1. The van der Waals surface area contributed by atoms with Gasteiger partial charge in [0, 0.05) is 26.5 Å². The summed E-state index contributed by atoms with van der Waals surface area (Å²) in [4.78, 5) is 10.9. The molecule has 0 aromatic rings. The number of amides is 1. The lowest BCUT2D eigenvalue weighted by atomic mass is 10.0. The summed E-state index contributed by atoms with van der Waals surface area (Å²) in [6.45, 7) is 11.3. The van der Waals surface area contributed by atoms with E-state index >= 15 is 0 Å². The lowest BCUT2D eigenvalue weighted by Crippen LogP contribution is -2.39. The van der Waals surface area contributed by atoms with Crippen molar-refractivity contribution in [1.82, 2.24) is 5.32 Å². The molecular weight excluding hydrogens is 286 g/mol. The summed E-state index contributed by atoms with van der Waals surface area (Å²) in [5, 5.41) is 12.0. The lowest BCUT2D eigenvalue weighted by molar-refractivity contribution is -0.133. The number of ether oxygens (including phenoxy) is 3. The standard InChI is InChI=1S/C16H33NO5/c1-13(19)17-8-7-15(2,3)22-12-16(4,5)21-11-14(9-18)10-20-6/h14,18H,7-12H2,1-6H3,(H,17,19). The van der Waals surface area contributed by atoms with Gasteiger partial charge in [0.25, 0.3) is 0 Å². The second-order valence-electron chi connectivity index (χ2n) is 6.86. The van der Waals surface area contributed by atoms with Crippen LogP contribution < -0.4 is 5.32 Å². The second-order valence-corrected chi connectivity index (χ2v) is 6.86. The highest BCUT2D eigenvalue weighted by Crippen LogP contribution is 2.19. The molecule has 6 heteroatoms. The van der Waals surface area contributed by atoms with Crippen molar-refractivity contribution in [2.45, 2.75) is 52.2 Å². The predicted molar refractivity (Wildman–Crippen MR) is 85.8 cm³/mol. The van der Waals surface area contributed by atoms with Gasteiger partial charge in [0.15, 0.2) is 0 Å². The average molecular weight is 319 g/mol. The van der Waals surface area contributed by atoms with Crippen LogP contribution in [0.1, 0.15) is 41.0 Å². The highest BCUT2D eigenvalue weighted by molar-refractivity contribution is 5.72. The third kappa shape index (κ3) is 11.0. The molecule has 0 spiro atoms. The van der Waals surface area contributed by atoms with Gasteiger partial charge in [-0.15, -0.1) is 0 Å². The molecule has 0 saturated carbocycles. The van der Waals surface area contributed by atoms with Crippen LogP contribution in [0.3, 0.4) is 0 Å². The second kappa shape index (κ2) is 10.2. The molecule has 0 rings (SSSR count). The lowest BCUT2D eigenvalue weighted by Gasteiger charge is -2.33. The molecule has 0 fully saturated rings. The molecule has 0 bridgehead atoms. The molecule has 1 unspecified atom stereocenters. The van der Waals surface area contributed by atoms with Crippen LogP contribution in [0.25, 0.3) is 0 Å². The van der Waals surface area contributed by atoms with Gasteiger partial charge in [-0.05, 0) is 34.1 Å². The fourth-order valence-electron chi connectivity index (χ4n) is 1.76. The van der Waals surface area contributed by atoms with Crippen molar-refractivity contribution in [2.75, 3.05) is 40.1 Å². The van der Waals surface area contributed by atoms with Gasteiger partial charge in [0.2, 0.25) is 5.91 Å². The highest BCUT2D eigenvalue weighted by atomic mass is 16.6. The Hall–Kier alpha value is -0.690. The van der Waals surface area contributed by atoms with Gasteiger partial charge in [-0.25, -0.2) is 0 Å². The van der Waals surface area contributed by atoms with Gasteiger partial charge in [-0.2, -0.15) is 0 Å². The molecule has 22 heavy (non-hydrogen) atoms. The van der Waals surface area contributed by atoms with Crippen molar-refractivity contribution >= 4 is 5.91 Å². The van der Waals surface area contributed by atoms with E-state index in [1.165, 1.54) is 6.92 Å². The van der Waals surface area contributed by atoms with Gasteiger partial charge in [-0.1, -0.05) is 0 Å². The van der Waals surface area contributed by atoms with Gasteiger partial charge in [0.1, 0.15) is 0 Å². The number of aliphatic hydroxyl groups is 1. The Morgan fingerprint density at radius 2 is 1.77 bits per heavy atom. The molecule has 132 valence electrons. The van der Waals surface area contributed by atoms with Crippen molar-refractivity contribution in [1.29, 1.82) is 0 Å². The molecule has 0 radical (unpaired) electrons. The zero-order chi connectivity index (χ0) is 17.2. The smallest absolute Gasteiger partial charge is 0.216 e. The Balaban J connectivity index is 4.14. The minimum Gasteiger partial charge on any atom is -0.396 e. The molecule has 6 nitrogen and oxygen atoms in total. The van der Waals surface area contributed by atoms with Gasteiger partial charge >= 0.3 is 0 Å². The Bertz CT molecular complexity index is 318. The summed E-state index contributed by atoms with van der Waals surface area (Å²) in [7, 11) is 1.61. The maximum atomic E-state index is 10.9. The number of rotatable bonds is 12. The summed E-state index contributed by atoms with van der Waals surface area (Å²) < 4.78 is 16.8. The van der Waals surface area contributed by atoms with E-state index in [0.29, 0.717) is 26.4 Å². The number of hydrogen-bond donors (Lipinski definition) is 2. The highest BCUT2D eigenvalue weighted by Gasteiger charge is 2.26. The van der Waals surface area contributed by atoms with Gasteiger partial charge in [0.05, 0.1) is 37.6 Å². The van der Waals surface area contributed by atoms with Gasteiger partial charge < -0.3 is 24.6 Å². The molecule has 0 aliphatic carbocycles. The molecule has 0 aliphatic heterocycles. The van der Waals surface area contributed by atoms with Crippen LogP contribution in [0, 0.1) is 5.92 Å². The molecule has 0 aromatic carbocycles. The molecule has 0 aliphatic rings. The Kier molecular flexibility index (Phi) is 9.84. The maximum Gasteiger partial charge on any atom is 0.216 e. The third-order valence-electron chi connectivity index (χ3n) is 3.28. The molecule has 0 aromatic heterocycles. The SMILES string of the molecule is COCC(CO)COC(C)(C)COC(C)(C)CCNC(C)=O. The molecule has 0 saturated heterocycles. The largest absolute Gasteiger partial charge is 0.396 e. The zero-order valence-electron chi connectivity index (χ0n) is 14.9. The molecular formula is C16H33NO5. The van der Waals surface area contributed by atoms with Crippen molar-refractivity contribution in [3.05, 3.63) is 0 Å². The van der Waals surface area contributed by atoms with Crippen LogP contribution in [-0.2, 0) is 19.0 Å². The number of hydrogen-bond acceptors (Lipinski definition) is 5. The number of methoxy groups -OCH3 is 1. The first kappa shape index (κ1) is 21.3. The summed E-state index contributed by atoms with van der Waals surface area (Å²) in [6.07, 6.45) is 0.728.